The number of hydrogen-bond acceptors (Lipinski definition) is 3. The molecule has 1 unspecified atom stereocenters. The van der Waals surface area contributed by atoms with Gasteiger partial charge >= 0.3 is 5.97 Å². The van der Waals surface area contributed by atoms with Crippen molar-refractivity contribution < 1.29 is 19.0 Å². The Morgan fingerprint density at radius 1 is 1.56 bits per heavy atom. The van der Waals surface area contributed by atoms with Gasteiger partial charge in [-0.3, -0.25) is 4.79 Å². The fourth-order valence-electron chi connectivity index (χ4n) is 1.24. The minimum atomic E-state index is -1.06. The molecule has 18 heavy (non-hydrogen) atoms. The van der Waals surface area contributed by atoms with Gasteiger partial charge in [-0.2, -0.15) is 0 Å². The fourth-order valence-corrected chi connectivity index (χ4v) is 1.24. The molecule has 0 aliphatic carbocycles. The quantitative estimate of drug-likeness (QED) is 0.847. The van der Waals surface area contributed by atoms with Gasteiger partial charge in [-0.15, -0.1) is 0 Å². The standard InChI is InChI=1S/C13H18FNO3/c1-8(15)9-4-5-11(10(14)6-9)18-7-13(2,3)12(16)17/h4-6,8H,7,15H2,1-3H3,(H,16,17). The van der Waals surface area contributed by atoms with Crippen molar-refractivity contribution in [2.24, 2.45) is 11.1 Å². The predicted molar refractivity (Wildman–Crippen MR) is 65.9 cm³/mol. The Hall–Kier alpha value is -1.62. The maximum absolute atomic E-state index is 13.7. The summed E-state index contributed by atoms with van der Waals surface area (Å²) in [5.41, 5.74) is 5.23. The van der Waals surface area contributed by atoms with Crippen LogP contribution in [0.1, 0.15) is 32.4 Å². The van der Waals surface area contributed by atoms with Gasteiger partial charge in [0, 0.05) is 6.04 Å². The average molecular weight is 255 g/mol. The third kappa shape index (κ3) is 3.43. The lowest BCUT2D eigenvalue weighted by Crippen LogP contribution is -2.30. The maximum Gasteiger partial charge on any atom is 0.312 e. The number of halogens is 1. The molecule has 0 amide bonds. The van der Waals surface area contributed by atoms with E-state index < -0.39 is 17.2 Å². The second-order valence-corrected chi connectivity index (χ2v) is 4.96. The van der Waals surface area contributed by atoms with Gasteiger partial charge < -0.3 is 15.6 Å². The molecule has 1 aromatic carbocycles. The number of carboxylic acid groups (broad SMARTS) is 1. The van der Waals surface area contributed by atoms with Crippen LogP contribution in [0.2, 0.25) is 0 Å². The van der Waals surface area contributed by atoms with Crippen molar-refractivity contribution in [3.63, 3.8) is 0 Å². The first-order chi connectivity index (χ1) is 8.24. The minimum absolute atomic E-state index is 0.0359. The molecule has 0 aromatic heterocycles. The molecule has 0 bridgehead atoms. The largest absolute Gasteiger partial charge is 0.489 e. The lowest BCUT2D eigenvalue weighted by atomic mass is 9.95. The van der Waals surface area contributed by atoms with Crippen LogP contribution in [0.5, 0.6) is 5.75 Å². The van der Waals surface area contributed by atoms with Crippen LogP contribution in [-0.2, 0) is 4.79 Å². The zero-order valence-electron chi connectivity index (χ0n) is 10.7. The van der Waals surface area contributed by atoms with E-state index in [4.69, 9.17) is 15.6 Å². The second kappa shape index (κ2) is 5.35. The molecular formula is C13H18FNO3. The van der Waals surface area contributed by atoms with Crippen molar-refractivity contribution in [2.45, 2.75) is 26.8 Å². The van der Waals surface area contributed by atoms with E-state index in [0.29, 0.717) is 5.56 Å². The molecule has 0 saturated heterocycles. The molecule has 0 fully saturated rings. The van der Waals surface area contributed by atoms with E-state index >= 15 is 0 Å². The Balaban J connectivity index is 2.78. The van der Waals surface area contributed by atoms with E-state index in [9.17, 15) is 9.18 Å². The molecule has 0 spiro atoms. The monoisotopic (exact) mass is 255 g/mol. The molecule has 5 heteroatoms. The summed E-state index contributed by atoms with van der Waals surface area (Å²) in [6, 6.07) is 4.17. The first-order valence-corrected chi connectivity index (χ1v) is 5.65. The van der Waals surface area contributed by atoms with Crippen molar-refractivity contribution in [2.75, 3.05) is 6.61 Å². The van der Waals surface area contributed by atoms with Crippen LogP contribution in [0.3, 0.4) is 0 Å². The van der Waals surface area contributed by atoms with Gasteiger partial charge in [0.15, 0.2) is 11.6 Å². The summed E-state index contributed by atoms with van der Waals surface area (Å²) in [7, 11) is 0. The van der Waals surface area contributed by atoms with E-state index in [1.165, 1.54) is 26.0 Å². The Kier molecular flexibility index (Phi) is 4.29. The van der Waals surface area contributed by atoms with Crippen molar-refractivity contribution in [3.8, 4) is 5.75 Å². The number of ether oxygens (including phenoxy) is 1. The molecule has 0 saturated carbocycles. The van der Waals surface area contributed by atoms with Crippen LogP contribution in [0.25, 0.3) is 0 Å². The lowest BCUT2D eigenvalue weighted by Gasteiger charge is -2.20. The number of aliphatic carboxylic acids is 1. The summed E-state index contributed by atoms with van der Waals surface area (Å²) >= 11 is 0. The van der Waals surface area contributed by atoms with Crippen molar-refractivity contribution >= 4 is 5.97 Å². The Morgan fingerprint density at radius 3 is 2.61 bits per heavy atom. The van der Waals surface area contributed by atoms with Crippen LogP contribution in [0.4, 0.5) is 4.39 Å². The highest BCUT2D eigenvalue weighted by Gasteiger charge is 2.28. The minimum Gasteiger partial charge on any atom is -0.489 e. The number of hydrogen-bond donors (Lipinski definition) is 2. The van der Waals surface area contributed by atoms with Gasteiger partial charge in [-0.05, 0) is 38.5 Å². The second-order valence-electron chi connectivity index (χ2n) is 4.96. The Labute approximate surface area is 106 Å². The molecule has 0 aliphatic rings. The maximum atomic E-state index is 13.7. The summed E-state index contributed by atoms with van der Waals surface area (Å²) in [5, 5.41) is 8.92. The highest BCUT2D eigenvalue weighted by atomic mass is 19.1. The fraction of sp³-hybridized carbons (Fsp3) is 0.462. The number of carbonyl (C=O) groups is 1. The molecule has 0 aliphatic heterocycles. The van der Waals surface area contributed by atoms with Gasteiger partial charge in [0.2, 0.25) is 0 Å². The highest BCUT2D eigenvalue weighted by Crippen LogP contribution is 2.24. The van der Waals surface area contributed by atoms with Crippen LogP contribution in [0, 0.1) is 11.2 Å². The lowest BCUT2D eigenvalue weighted by molar-refractivity contribution is -0.148. The molecule has 1 aromatic rings. The topological polar surface area (TPSA) is 72.5 Å². The molecule has 0 heterocycles. The number of rotatable bonds is 5. The molecule has 100 valence electrons. The van der Waals surface area contributed by atoms with E-state index in [-0.39, 0.29) is 18.4 Å². The summed E-state index contributed by atoms with van der Waals surface area (Å²) in [6.07, 6.45) is 0. The van der Waals surface area contributed by atoms with E-state index in [0.717, 1.165) is 0 Å². The van der Waals surface area contributed by atoms with Crippen LogP contribution in [0.15, 0.2) is 18.2 Å². The summed E-state index contributed by atoms with van der Waals surface area (Å²) in [4.78, 5) is 10.9. The summed E-state index contributed by atoms with van der Waals surface area (Å²) in [5.74, 6) is -1.49. The molecule has 4 nitrogen and oxygen atoms in total. The van der Waals surface area contributed by atoms with Gasteiger partial charge in [-0.25, -0.2) is 4.39 Å². The van der Waals surface area contributed by atoms with Gasteiger partial charge in [0.1, 0.15) is 6.61 Å². The summed E-state index contributed by atoms with van der Waals surface area (Å²) in [6.45, 7) is 4.69. The predicted octanol–water partition coefficient (Wildman–Crippen LogP) is 2.33. The third-order valence-corrected chi connectivity index (χ3v) is 2.65. The van der Waals surface area contributed by atoms with E-state index in [2.05, 4.69) is 0 Å². The number of benzene rings is 1. The van der Waals surface area contributed by atoms with Crippen molar-refractivity contribution in [3.05, 3.63) is 29.6 Å². The van der Waals surface area contributed by atoms with Crippen molar-refractivity contribution in [1.29, 1.82) is 0 Å². The van der Waals surface area contributed by atoms with Gasteiger partial charge in [0.25, 0.3) is 0 Å². The number of carboxylic acids is 1. The third-order valence-electron chi connectivity index (χ3n) is 2.65. The zero-order valence-corrected chi connectivity index (χ0v) is 10.7. The first kappa shape index (κ1) is 14.4. The van der Waals surface area contributed by atoms with Gasteiger partial charge in [0.05, 0.1) is 5.41 Å². The van der Waals surface area contributed by atoms with Crippen molar-refractivity contribution in [1.82, 2.24) is 0 Å². The molecular weight excluding hydrogens is 237 g/mol. The van der Waals surface area contributed by atoms with E-state index in [1.54, 1.807) is 13.0 Å². The molecule has 0 radical (unpaired) electrons. The van der Waals surface area contributed by atoms with Crippen LogP contribution < -0.4 is 10.5 Å². The Morgan fingerprint density at radius 2 is 2.17 bits per heavy atom. The number of nitrogens with two attached hydrogens (primary N) is 1. The smallest absolute Gasteiger partial charge is 0.312 e. The zero-order chi connectivity index (χ0) is 13.9. The van der Waals surface area contributed by atoms with E-state index in [1.807, 2.05) is 0 Å². The normalized spacial score (nSPS) is 13.2. The average Bonchev–Trinajstić information content (AvgIpc) is 2.26. The van der Waals surface area contributed by atoms with Crippen LogP contribution >= 0.6 is 0 Å². The highest BCUT2D eigenvalue weighted by molar-refractivity contribution is 5.73. The Bertz CT molecular complexity index is 444. The summed E-state index contributed by atoms with van der Waals surface area (Å²) < 4.78 is 18.9. The molecule has 1 rings (SSSR count). The SMILES string of the molecule is CC(N)c1ccc(OCC(C)(C)C(=O)O)c(F)c1. The molecule has 1 atom stereocenters. The molecule has 3 N–H and O–H groups in total. The van der Waals surface area contributed by atoms with Crippen LogP contribution in [-0.4, -0.2) is 17.7 Å². The van der Waals surface area contributed by atoms with Gasteiger partial charge in [-0.1, -0.05) is 6.07 Å². The first-order valence-electron chi connectivity index (χ1n) is 5.65.